The van der Waals surface area contributed by atoms with Crippen LogP contribution < -0.4 is 5.32 Å². The number of hydrogen-bond donors (Lipinski definition) is 1. The number of benzene rings is 2. The van der Waals surface area contributed by atoms with Gasteiger partial charge in [0.25, 0.3) is 0 Å². The smallest absolute Gasteiger partial charge is 0.228 e. The van der Waals surface area contributed by atoms with Crippen molar-refractivity contribution >= 4 is 47.4 Å². The fourth-order valence-electron chi connectivity index (χ4n) is 3.78. The van der Waals surface area contributed by atoms with Gasteiger partial charge in [-0.15, -0.1) is 0 Å². The summed E-state index contributed by atoms with van der Waals surface area (Å²) < 4.78 is 4.45. The van der Waals surface area contributed by atoms with Crippen molar-refractivity contribution in [3.63, 3.8) is 0 Å². The summed E-state index contributed by atoms with van der Waals surface area (Å²) in [5, 5.41) is 3.59. The molecule has 1 aliphatic heterocycles. The highest BCUT2D eigenvalue weighted by atomic mass is 35.5. The number of carbonyl (C=O) groups is 2. The number of hydrogen-bond acceptors (Lipinski definition) is 4. The van der Waals surface area contributed by atoms with E-state index in [-0.39, 0.29) is 24.2 Å². The second-order valence-corrected chi connectivity index (χ2v) is 9.73. The lowest BCUT2D eigenvalue weighted by Gasteiger charge is -2.30. The monoisotopic (exact) mass is 470 g/mol. The van der Waals surface area contributed by atoms with Crippen LogP contribution in [0.25, 0.3) is 0 Å². The molecule has 8 heteroatoms. The molecule has 0 bridgehead atoms. The fourth-order valence-corrected chi connectivity index (χ4v) is 4.86. The van der Waals surface area contributed by atoms with Gasteiger partial charge in [0.05, 0.1) is 12.8 Å². The Morgan fingerprint density at radius 2 is 2.06 bits per heavy atom. The van der Waals surface area contributed by atoms with Gasteiger partial charge in [0.1, 0.15) is 0 Å². The number of rotatable bonds is 7. The fraction of sp³-hybridized carbons (Fsp3) is 0.375. The van der Waals surface area contributed by atoms with Gasteiger partial charge in [-0.1, -0.05) is 29.8 Å². The van der Waals surface area contributed by atoms with Gasteiger partial charge in [-0.2, -0.15) is 0 Å². The van der Waals surface area contributed by atoms with E-state index in [2.05, 4.69) is 9.71 Å². The first-order chi connectivity index (χ1) is 15.4. The molecular weight excluding hydrogens is 444 g/mol. The lowest BCUT2D eigenvalue weighted by Crippen LogP contribution is -2.37. The maximum absolute atomic E-state index is 12.7. The molecule has 2 amide bonds. The van der Waals surface area contributed by atoms with Gasteiger partial charge in [0.15, 0.2) is 0 Å². The molecule has 1 saturated carbocycles. The van der Waals surface area contributed by atoms with E-state index in [1.807, 2.05) is 54.2 Å². The lowest BCUT2D eigenvalue weighted by molar-refractivity contribution is -0.133. The normalized spacial score (nSPS) is 15.5. The molecule has 2 aromatic carbocycles. The molecule has 1 N–H and O–H groups in total. The van der Waals surface area contributed by atoms with Crippen molar-refractivity contribution in [2.75, 3.05) is 26.0 Å². The summed E-state index contributed by atoms with van der Waals surface area (Å²) in [6.45, 7) is 1.30. The molecule has 1 fully saturated rings. The van der Waals surface area contributed by atoms with Crippen molar-refractivity contribution < 1.29 is 9.59 Å². The molecule has 0 saturated heterocycles. The third-order valence-corrected chi connectivity index (χ3v) is 6.68. The van der Waals surface area contributed by atoms with Crippen LogP contribution in [0.3, 0.4) is 0 Å². The zero-order valence-corrected chi connectivity index (χ0v) is 19.9. The van der Waals surface area contributed by atoms with Gasteiger partial charge in [-0.3, -0.25) is 9.59 Å². The number of anilines is 1. The first kappa shape index (κ1) is 22.7. The number of nitrogens with one attached hydrogen (secondary N) is 1. The van der Waals surface area contributed by atoms with Crippen molar-refractivity contribution in [1.82, 2.24) is 9.80 Å². The molecule has 168 valence electrons. The first-order valence-electron chi connectivity index (χ1n) is 10.8. The standard InChI is InChI=1S/C24H27ClN4O2S/c1-28(2)15-26-32-22-13-19(27-23(30)12-17-5-3-4-6-21(17)25)11-18-14-29(10-9-20(18)22)24(31)16-7-8-16/h3-6,11,13,15-16H,7-10,12,14H2,1-2H3,(H,27,30). The minimum Gasteiger partial charge on any atom is -0.368 e. The molecule has 0 aromatic heterocycles. The number of amides is 2. The molecule has 6 nitrogen and oxygen atoms in total. The summed E-state index contributed by atoms with van der Waals surface area (Å²) in [7, 11) is 3.85. The van der Waals surface area contributed by atoms with Crippen molar-refractivity contribution in [2.45, 2.75) is 37.1 Å². The molecule has 0 radical (unpaired) electrons. The zero-order valence-electron chi connectivity index (χ0n) is 18.3. The zero-order chi connectivity index (χ0) is 22.7. The minimum atomic E-state index is -0.132. The Morgan fingerprint density at radius 3 is 2.78 bits per heavy atom. The van der Waals surface area contributed by atoms with E-state index in [1.54, 1.807) is 12.4 Å². The van der Waals surface area contributed by atoms with Gasteiger partial charge in [-0.05, 0) is 54.2 Å². The number of carbonyl (C=O) groups excluding carboxylic acids is 2. The predicted molar refractivity (Wildman–Crippen MR) is 130 cm³/mol. The van der Waals surface area contributed by atoms with Crippen molar-refractivity contribution in [3.05, 3.63) is 58.1 Å². The van der Waals surface area contributed by atoms with E-state index < -0.39 is 0 Å². The Bertz CT molecular complexity index is 1050. The third kappa shape index (κ3) is 5.64. The highest BCUT2D eigenvalue weighted by Crippen LogP contribution is 2.36. The maximum Gasteiger partial charge on any atom is 0.228 e. The van der Waals surface area contributed by atoms with Crippen LogP contribution in [0, 0.1) is 5.92 Å². The third-order valence-electron chi connectivity index (χ3n) is 5.55. The van der Waals surface area contributed by atoms with E-state index in [4.69, 9.17) is 11.6 Å². The van der Waals surface area contributed by atoms with Crippen LogP contribution in [0.4, 0.5) is 5.69 Å². The Morgan fingerprint density at radius 1 is 1.28 bits per heavy atom. The lowest BCUT2D eigenvalue weighted by atomic mass is 9.98. The van der Waals surface area contributed by atoms with Gasteiger partial charge < -0.3 is 15.1 Å². The maximum atomic E-state index is 12.7. The molecule has 0 unspecified atom stereocenters. The average Bonchev–Trinajstić information content (AvgIpc) is 3.59. The van der Waals surface area contributed by atoms with Crippen LogP contribution >= 0.6 is 23.5 Å². The predicted octanol–water partition coefficient (Wildman–Crippen LogP) is 4.41. The molecular formula is C24H27ClN4O2S. The molecule has 4 rings (SSSR count). The summed E-state index contributed by atoms with van der Waals surface area (Å²) in [4.78, 5) is 30.2. The molecule has 0 spiro atoms. The second-order valence-electron chi connectivity index (χ2n) is 8.49. The van der Waals surface area contributed by atoms with E-state index in [0.29, 0.717) is 17.3 Å². The quantitative estimate of drug-likeness (QED) is 0.370. The van der Waals surface area contributed by atoms with E-state index in [1.165, 1.54) is 17.5 Å². The summed E-state index contributed by atoms with van der Waals surface area (Å²) >= 11 is 7.60. The van der Waals surface area contributed by atoms with Crippen LogP contribution in [0.1, 0.15) is 29.5 Å². The SMILES string of the molecule is CN(C)C=NSc1cc(NC(=O)Cc2ccccc2Cl)cc2c1CCN(C(=O)C1CC1)C2. The van der Waals surface area contributed by atoms with E-state index in [9.17, 15) is 9.59 Å². The topological polar surface area (TPSA) is 65.0 Å². The summed E-state index contributed by atoms with van der Waals surface area (Å²) in [5.74, 6) is 0.324. The molecule has 1 heterocycles. The van der Waals surface area contributed by atoms with Crippen LogP contribution in [0.2, 0.25) is 5.02 Å². The number of fused-ring (bicyclic) bond motifs is 1. The molecule has 0 atom stereocenters. The summed E-state index contributed by atoms with van der Waals surface area (Å²) in [5.41, 5.74) is 3.78. The Balaban J connectivity index is 1.56. The molecule has 2 aliphatic rings. The number of halogens is 1. The Kier molecular flexibility index (Phi) is 7.06. The number of nitrogens with zero attached hydrogens (tertiary/aromatic N) is 3. The van der Waals surface area contributed by atoms with E-state index in [0.717, 1.165) is 41.8 Å². The first-order valence-corrected chi connectivity index (χ1v) is 11.9. The molecule has 1 aliphatic carbocycles. The average molecular weight is 471 g/mol. The van der Waals surface area contributed by atoms with Gasteiger partial charge in [0, 0.05) is 60.7 Å². The van der Waals surface area contributed by atoms with Gasteiger partial charge in [0.2, 0.25) is 11.8 Å². The van der Waals surface area contributed by atoms with Gasteiger partial charge in [-0.25, -0.2) is 4.40 Å². The Labute approximate surface area is 198 Å². The largest absolute Gasteiger partial charge is 0.368 e. The van der Waals surface area contributed by atoms with Crippen molar-refractivity contribution in [2.24, 2.45) is 10.3 Å². The van der Waals surface area contributed by atoms with Crippen molar-refractivity contribution in [1.29, 1.82) is 0 Å². The highest BCUT2D eigenvalue weighted by Gasteiger charge is 2.35. The summed E-state index contributed by atoms with van der Waals surface area (Å²) in [6.07, 6.45) is 4.75. The van der Waals surface area contributed by atoms with Crippen molar-refractivity contribution in [3.8, 4) is 0 Å². The van der Waals surface area contributed by atoms with Crippen LogP contribution in [0.15, 0.2) is 45.7 Å². The minimum absolute atomic E-state index is 0.132. The Hall–Kier alpha value is -2.51. The second kappa shape index (κ2) is 9.96. The van der Waals surface area contributed by atoms with E-state index >= 15 is 0 Å². The van der Waals surface area contributed by atoms with Gasteiger partial charge >= 0.3 is 0 Å². The summed E-state index contributed by atoms with van der Waals surface area (Å²) in [6, 6.07) is 11.3. The van der Waals surface area contributed by atoms with Crippen LogP contribution in [0.5, 0.6) is 0 Å². The van der Waals surface area contributed by atoms with Crippen LogP contribution in [-0.2, 0) is 29.0 Å². The van der Waals surface area contributed by atoms with Crippen LogP contribution in [-0.4, -0.2) is 48.6 Å². The highest BCUT2D eigenvalue weighted by molar-refractivity contribution is 7.98. The molecule has 2 aromatic rings. The molecule has 32 heavy (non-hydrogen) atoms.